The number of carbonyl (C=O) groups excluding carboxylic acids is 5. The van der Waals surface area contributed by atoms with Crippen LogP contribution in [0, 0.1) is 0 Å². The fraction of sp³-hybridized carbons (Fsp3) is 0.329. The molecule has 6 aromatic carbocycles. The van der Waals surface area contributed by atoms with E-state index in [-0.39, 0.29) is 76.3 Å². The fourth-order valence-electron chi connectivity index (χ4n) is 12.4. The molecule has 0 unspecified atom stereocenters. The Balaban J connectivity index is 0.606. The molecule has 6 heterocycles. The van der Waals surface area contributed by atoms with Gasteiger partial charge < -0.3 is 52.7 Å². The average Bonchev–Trinajstić information content (AvgIpc) is 1.65. The second-order valence-corrected chi connectivity index (χ2v) is 26.0. The minimum absolute atomic E-state index is 0.0787. The second kappa shape index (κ2) is 31.1. The third-order valence-electron chi connectivity index (χ3n) is 16.9. The third-order valence-corrected chi connectivity index (χ3v) is 16.9. The molecule has 25 heteroatoms. The molecule has 0 bridgehead atoms. The van der Waals surface area contributed by atoms with Crippen LogP contribution in [0.1, 0.15) is 115 Å². The summed E-state index contributed by atoms with van der Waals surface area (Å²) in [6.07, 6.45) is 0.796. The number of rotatable bonds is 28. The number of aryl methyl sites for hydroxylation is 1. The van der Waals surface area contributed by atoms with Crippen LogP contribution >= 0.6 is 0 Å². The lowest BCUT2D eigenvalue weighted by Gasteiger charge is -2.27. The predicted octanol–water partition coefficient (Wildman–Crippen LogP) is 12.7. The maximum Gasteiger partial charge on any atom is 0.413 e. The molecule has 3 amide bonds. The SMILES string of the molecule is CCOCc1nc2c(NC(=O)OCc3ccc(OC(=O)CCCCC(=O)N4Cc5ccccc5-c5[nH]n[n+](CCCCC(=O)Oc6ccc(COC(=O)Nc7nc8ccccc8c8c7nc(COCC)n8CC(C)(C)O)cc6)c5-c5ccccc54)cc3)nc3ccccc3c2n1CC(C)(C)O. The van der Waals surface area contributed by atoms with Crippen molar-refractivity contribution in [1.29, 1.82) is 0 Å². The standard InChI is InChI=1S/C76H80N12O13/c1-7-96-44-60-79-66-68(86(60)46-75(3,4)94)54-23-11-14-26-57(54)77-71(66)81-73(92)98-42-48-32-36-51(37-33-48)100-63(90)30-18-17-29-62(89)85-41-50-21-9-10-22-53(50)65-70(56-25-13-16-28-59(56)85)88(84-83-65)40-20-19-31-64(91)101-52-38-34-49(35-39-52)43-99-74(93)82-72-67-69(55-24-12-15-27-58(55)78-72)87(47-76(5,6)95)61(80-67)45-97-8-2/h9-16,21-28,32-39,94-95H,7-8,17-20,29-31,40-47H2,1-6H3,(H2,77,78,81,82,92,93)/p+1. The van der Waals surface area contributed by atoms with Crippen molar-refractivity contribution in [3.05, 3.63) is 174 Å². The number of esters is 2. The summed E-state index contributed by atoms with van der Waals surface area (Å²) >= 11 is 0. The molecule has 0 atom stereocenters. The number of nitrogens with zero attached hydrogens (tertiary/aromatic N) is 9. The Morgan fingerprint density at radius 1 is 0.545 bits per heavy atom. The smallest absolute Gasteiger partial charge is 0.413 e. The predicted molar refractivity (Wildman–Crippen MR) is 378 cm³/mol. The molecule has 522 valence electrons. The Morgan fingerprint density at radius 2 is 1.01 bits per heavy atom. The van der Waals surface area contributed by atoms with Gasteiger partial charge in [-0.15, -0.1) is 9.78 Å². The lowest BCUT2D eigenvalue weighted by molar-refractivity contribution is -0.744. The zero-order valence-electron chi connectivity index (χ0n) is 57.3. The van der Waals surface area contributed by atoms with Crippen molar-refractivity contribution in [3.63, 3.8) is 0 Å². The van der Waals surface area contributed by atoms with Gasteiger partial charge in [0.15, 0.2) is 11.6 Å². The highest BCUT2D eigenvalue weighted by Crippen LogP contribution is 2.41. The van der Waals surface area contributed by atoms with E-state index in [9.17, 15) is 34.2 Å². The Hall–Kier alpha value is -11.0. The molecule has 11 aromatic rings. The normalized spacial score (nSPS) is 12.2. The number of ether oxygens (including phenoxy) is 6. The summed E-state index contributed by atoms with van der Waals surface area (Å²) in [5, 5.41) is 36.9. The number of H-pyrrole nitrogens is 1. The summed E-state index contributed by atoms with van der Waals surface area (Å²) < 4.78 is 39.8. The van der Waals surface area contributed by atoms with E-state index in [0.717, 1.165) is 38.9 Å². The van der Waals surface area contributed by atoms with Crippen molar-refractivity contribution in [2.45, 2.75) is 150 Å². The van der Waals surface area contributed by atoms with Crippen LogP contribution < -0.4 is 29.7 Å². The average molecular weight is 1370 g/mol. The quantitative estimate of drug-likeness (QED) is 0.0132. The van der Waals surface area contributed by atoms with Crippen LogP contribution in [0.3, 0.4) is 0 Å². The number of amides is 3. The summed E-state index contributed by atoms with van der Waals surface area (Å²) in [6.45, 7) is 13.0. The molecule has 1 aliphatic rings. The number of anilines is 3. The van der Waals surface area contributed by atoms with Crippen molar-refractivity contribution in [3.8, 4) is 34.0 Å². The molecule has 25 nitrogen and oxygen atoms in total. The first-order valence-electron chi connectivity index (χ1n) is 33.9. The van der Waals surface area contributed by atoms with Crippen molar-refractivity contribution >= 4 is 91.2 Å². The second-order valence-electron chi connectivity index (χ2n) is 26.0. The number of benzene rings is 6. The number of para-hydroxylation sites is 3. The minimum Gasteiger partial charge on any atom is -0.444 e. The number of imidazole rings is 2. The molecule has 0 spiro atoms. The first kappa shape index (κ1) is 69.9. The number of fused-ring (bicyclic) bond motifs is 11. The molecular formula is C76H81N12O13+. The van der Waals surface area contributed by atoms with Crippen LogP contribution in [0.2, 0.25) is 0 Å². The van der Waals surface area contributed by atoms with E-state index in [1.807, 2.05) is 125 Å². The van der Waals surface area contributed by atoms with Gasteiger partial charge in [-0.05, 0) is 132 Å². The Morgan fingerprint density at radius 3 is 1.52 bits per heavy atom. The van der Waals surface area contributed by atoms with Crippen LogP contribution in [-0.2, 0) is 85.9 Å². The summed E-state index contributed by atoms with van der Waals surface area (Å²) in [7, 11) is 0. The number of unbranched alkanes of at least 4 members (excludes halogenated alkanes) is 2. The van der Waals surface area contributed by atoms with Gasteiger partial charge in [0.05, 0.1) is 69.4 Å². The monoisotopic (exact) mass is 1370 g/mol. The molecule has 0 fully saturated rings. The molecule has 0 radical (unpaired) electrons. The first-order valence-corrected chi connectivity index (χ1v) is 33.9. The van der Waals surface area contributed by atoms with Crippen LogP contribution in [0.25, 0.3) is 66.4 Å². The van der Waals surface area contributed by atoms with E-state index in [1.165, 1.54) is 0 Å². The summed E-state index contributed by atoms with van der Waals surface area (Å²) in [6, 6.07) is 44.0. The summed E-state index contributed by atoms with van der Waals surface area (Å²) in [4.78, 5) is 88.3. The number of aromatic nitrogens is 9. The molecule has 0 aliphatic carbocycles. The van der Waals surface area contributed by atoms with Crippen LogP contribution in [0.4, 0.5) is 26.9 Å². The van der Waals surface area contributed by atoms with Crippen molar-refractivity contribution in [2.24, 2.45) is 0 Å². The number of hydrogen-bond acceptors (Lipinski definition) is 18. The first-order chi connectivity index (χ1) is 48.8. The number of aromatic amines is 1. The van der Waals surface area contributed by atoms with Gasteiger partial charge in [-0.3, -0.25) is 25.0 Å². The molecule has 0 saturated carbocycles. The number of hydrogen-bond donors (Lipinski definition) is 5. The maximum absolute atomic E-state index is 14.4. The van der Waals surface area contributed by atoms with Gasteiger partial charge in [0, 0.05) is 48.8 Å². The van der Waals surface area contributed by atoms with Crippen LogP contribution in [0.5, 0.6) is 11.5 Å². The third kappa shape index (κ3) is 16.8. The van der Waals surface area contributed by atoms with Crippen LogP contribution in [-0.4, -0.2) is 104 Å². The van der Waals surface area contributed by atoms with Gasteiger partial charge >= 0.3 is 24.1 Å². The van der Waals surface area contributed by atoms with Crippen LogP contribution in [0.15, 0.2) is 146 Å². The van der Waals surface area contributed by atoms with E-state index >= 15 is 0 Å². The molecule has 5 aromatic heterocycles. The summed E-state index contributed by atoms with van der Waals surface area (Å²) in [5.74, 6) is 1.23. The van der Waals surface area contributed by atoms with Gasteiger partial charge in [-0.25, -0.2) is 29.5 Å². The number of aliphatic hydroxyl groups is 2. The van der Waals surface area contributed by atoms with Crippen molar-refractivity contribution in [2.75, 3.05) is 28.7 Å². The summed E-state index contributed by atoms with van der Waals surface area (Å²) in [5.41, 5.74) is 7.57. The maximum atomic E-state index is 14.4. The molecule has 101 heavy (non-hydrogen) atoms. The molecule has 0 saturated heterocycles. The van der Waals surface area contributed by atoms with Gasteiger partial charge in [0.1, 0.15) is 67.2 Å². The Bertz CT molecular complexity index is 4840. The van der Waals surface area contributed by atoms with E-state index in [2.05, 4.69) is 15.7 Å². The van der Waals surface area contributed by atoms with E-state index in [4.69, 9.17) is 53.6 Å². The van der Waals surface area contributed by atoms with Gasteiger partial charge in [0.2, 0.25) is 17.3 Å². The van der Waals surface area contributed by atoms with Gasteiger partial charge in [-0.1, -0.05) is 97.1 Å². The zero-order chi connectivity index (χ0) is 70.8. The van der Waals surface area contributed by atoms with Gasteiger partial charge in [-0.2, -0.15) is 0 Å². The molecule has 12 rings (SSSR count). The zero-order valence-corrected chi connectivity index (χ0v) is 57.3. The van der Waals surface area contributed by atoms with Crippen molar-refractivity contribution < 1.29 is 67.3 Å². The van der Waals surface area contributed by atoms with E-state index in [1.54, 1.807) is 81.1 Å². The fourth-order valence-corrected chi connectivity index (χ4v) is 12.4. The highest BCUT2D eigenvalue weighted by atomic mass is 16.6. The largest absolute Gasteiger partial charge is 0.444 e. The van der Waals surface area contributed by atoms with E-state index in [0.29, 0.717) is 125 Å². The lowest BCUT2D eigenvalue weighted by Crippen LogP contribution is -2.39. The number of carbonyl (C=O) groups is 5. The molecule has 5 N–H and O–H groups in total. The topological polar surface area (TPSA) is 302 Å². The van der Waals surface area contributed by atoms with Gasteiger partial charge in [0.25, 0.3) is 0 Å². The highest BCUT2D eigenvalue weighted by molar-refractivity contribution is 6.10. The number of pyridine rings is 2. The van der Waals surface area contributed by atoms with E-state index < -0.39 is 35.3 Å². The lowest BCUT2D eigenvalue weighted by atomic mass is 9.95. The number of nitrogens with one attached hydrogen (secondary N) is 3. The highest BCUT2D eigenvalue weighted by Gasteiger charge is 2.34. The molecular weight excluding hydrogens is 1290 g/mol. The van der Waals surface area contributed by atoms with Crippen molar-refractivity contribution in [1.82, 2.24) is 39.4 Å². The Kier molecular flexibility index (Phi) is 21.5. The Labute approximate surface area is 582 Å². The minimum atomic E-state index is -1.08. The molecule has 1 aliphatic heterocycles.